The van der Waals surface area contributed by atoms with E-state index < -0.39 is 52.7 Å². The Morgan fingerprint density at radius 2 is 1.51 bits per heavy atom. The number of fused-ring (bicyclic) bond motifs is 5. The Morgan fingerprint density at radius 1 is 0.915 bits per heavy atom. The molecule has 0 radical (unpaired) electrons. The van der Waals surface area contributed by atoms with Crippen LogP contribution in [0.4, 0.5) is 35.1 Å². The minimum atomic E-state index is -6.31. The van der Waals surface area contributed by atoms with Gasteiger partial charge in [-0.2, -0.15) is 30.7 Å². The Bertz CT molecular complexity index is 1210. The van der Waals surface area contributed by atoms with Crippen molar-refractivity contribution >= 4 is 0 Å². The predicted molar refractivity (Wildman–Crippen MR) is 164 cm³/mol. The lowest BCUT2D eigenvalue weighted by Crippen LogP contribution is -2.54. The Morgan fingerprint density at radius 3 is 2.15 bits per heavy atom. The fourth-order valence-electron chi connectivity index (χ4n) is 9.11. The highest BCUT2D eigenvalue weighted by atomic mass is 19.4. The Kier molecular flexibility index (Phi) is 11.3. The number of rotatable bonds is 15. The molecule has 2 N–H and O–H groups in total. The molecule has 0 amide bonds. The molecule has 12 heteroatoms. The molecule has 0 bridgehead atoms. The summed E-state index contributed by atoms with van der Waals surface area (Å²) >= 11 is 0. The molecule has 0 spiro atoms. The van der Waals surface area contributed by atoms with E-state index in [0.29, 0.717) is 45.1 Å². The van der Waals surface area contributed by atoms with Gasteiger partial charge in [0.05, 0.1) is 25.7 Å². The van der Waals surface area contributed by atoms with Gasteiger partial charge in [0.15, 0.2) is 0 Å². The normalized spacial score (nSPS) is 32.4. The second-order valence-corrected chi connectivity index (χ2v) is 15.4. The molecule has 0 aromatic heterocycles. The van der Waals surface area contributed by atoms with Crippen molar-refractivity contribution in [1.82, 2.24) is 0 Å². The van der Waals surface area contributed by atoms with Crippen LogP contribution in [0.15, 0.2) is 18.2 Å². The quantitative estimate of drug-likeness (QED) is 0.0837. The van der Waals surface area contributed by atoms with Crippen molar-refractivity contribution in [2.75, 3.05) is 20.1 Å². The Balaban J connectivity index is 1.22. The van der Waals surface area contributed by atoms with Crippen molar-refractivity contribution in [3.05, 3.63) is 34.5 Å². The highest BCUT2D eigenvalue weighted by Gasteiger charge is 2.72. The summed E-state index contributed by atoms with van der Waals surface area (Å²) in [5.74, 6) is -10.9. The summed E-state index contributed by atoms with van der Waals surface area (Å²) in [6.45, 7) is 4.55. The monoisotopic (exact) mass is 685 g/mol. The van der Waals surface area contributed by atoms with Gasteiger partial charge in [-0.05, 0) is 112 Å². The molecule has 270 valence electrons. The van der Waals surface area contributed by atoms with Crippen LogP contribution in [0, 0.1) is 28.4 Å². The van der Waals surface area contributed by atoms with E-state index in [-0.39, 0.29) is 42.4 Å². The number of aliphatic hydroxyl groups is 1. The SMILES string of the molecule is CC1(O)CCC2C3C(CCCCC[N+](C)([O-])CCCCCCCC(F)(F)C(F)(F)C(F)(F)F)Cc4cc(O)ccc4C3C(F)CC21C. The lowest BCUT2D eigenvalue weighted by Gasteiger charge is -2.56. The number of alkyl halides is 8. The first kappa shape index (κ1) is 38.1. The number of hydroxylamine groups is 3. The van der Waals surface area contributed by atoms with Crippen molar-refractivity contribution in [3.8, 4) is 5.75 Å². The molecule has 4 nitrogen and oxygen atoms in total. The van der Waals surface area contributed by atoms with Gasteiger partial charge in [0.25, 0.3) is 0 Å². The van der Waals surface area contributed by atoms with Crippen molar-refractivity contribution in [2.45, 2.75) is 139 Å². The first-order chi connectivity index (χ1) is 21.6. The van der Waals surface area contributed by atoms with Crippen molar-refractivity contribution in [3.63, 3.8) is 0 Å². The van der Waals surface area contributed by atoms with Crippen LogP contribution in [0.2, 0.25) is 0 Å². The summed E-state index contributed by atoms with van der Waals surface area (Å²) in [5, 5.41) is 34.4. The molecule has 3 aliphatic carbocycles. The molecule has 1 aromatic carbocycles. The van der Waals surface area contributed by atoms with Gasteiger partial charge in [-0.25, -0.2) is 4.39 Å². The van der Waals surface area contributed by atoms with E-state index >= 15 is 4.39 Å². The van der Waals surface area contributed by atoms with E-state index in [0.717, 1.165) is 43.2 Å². The number of halogens is 8. The minimum Gasteiger partial charge on any atom is -0.633 e. The van der Waals surface area contributed by atoms with Crippen molar-refractivity contribution < 1.29 is 50.0 Å². The number of benzene rings is 1. The molecule has 1 aromatic rings. The fourth-order valence-corrected chi connectivity index (χ4v) is 9.11. The van der Waals surface area contributed by atoms with E-state index in [1.807, 2.05) is 19.9 Å². The van der Waals surface area contributed by atoms with Crippen LogP contribution < -0.4 is 0 Å². The molecule has 47 heavy (non-hydrogen) atoms. The highest BCUT2D eigenvalue weighted by molar-refractivity contribution is 5.41. The lowest BCUT2D eigenvalue weighted by atomic mass is 9.50. The lowest BCUT2D eigenvalue weighted by molar-refractivity contribution is -0.861. The number of hydrogen-bond donors (Lipinski definition) is 2. The minimum absolute atomic E-state index is 0.0694. The molecule has 0 aliphatic heterocycles. The zero-order valence-corrected chi connectivity index (χ0v) is 27.7. The van der Waals surface area contributed by atoms with E-state index in [1.54, 1.807) is 19.2 Å². The standard InChI is InChI=1S/C35H51F8NO3/c1-31-22-28(36)30-26-14-13-25(45)21-24(26)20-23(29(30)27(31)15-17-32(31,2)46)12-8-7-11-19-44(3,47)18-10-6-4-5-9-16-33(37,38)34(39,40)35(41,42)43/h13-14,21,23,27-30,45-46H,4-12,15-20,22H2,1-3H3. The van der Waals surface area contributed by atoms with Gasteiger partial charge >= 0.3 is 18.0 Å². The molecule has 0 heterocycles. The smallest absolute Gasteiger partial charge is 0.459 e. The molecule has 3 aliphatic rings. The number of quaternary nitrogens is 1. The number of phenolic OH excluding ortho intramolecular Hbond substituents is 1. The first-order valence-electron chi connectivity index (χ1n) is 17.2. The number of unbranched alkanes of at least 4 members (excludes halogenated alkanes) is 6. The second kappa shape index (κ2) is 13.9. The van der Waals surface area contributed by atoms with Gasteiger partial charge in [-0.15, -0.1) is 0 Å². The summed E-state index contributed by atoms with van der Waals surface area (Å²) in [5.41, 5.74) is 0.538. The van der Waals surface area contributed by atoms with Crippen LogP contribution in [0.5, 0.6) is 5.75 Å². The molecule has 8 unspecified atom stereocenters. The second-order valence-electron chi connectivity index (χ2n) is 15.4. The van der Waals surface area contributed by atoms with E-state index in [1.165, 1.54) is 0 Å². The molecule has 2 fully saturated rings. The molecule has 8 atom stereocenters. The van der Waals surface area contributed by atoms with Crippen molar-refractivity contribution in [1.29, 1.82) is 0 Å². The van der Waals surface area contributed by atoms with E-state index in [4.69, 9.17) is 0 Å². The largest absolute Gasteiger partial charge is 0.633 e. The van der Waals surface area contributed by atoms with E-state index in [9.17, 15) is 46.2 Å². The average molecular weight is 686 g/mol. The average Bonchev–Trinajstić information content (AvgIpc) is 3.18. The number of phenols is 1. The number of aromatic hydroxyl groups is 1. The summed E-state index contributed by atoms with van der Waals surface area (Å²) in [7, 11) is 1.56. The third-order valence-electron chi connectivity index (χ3n) is 12.0. The molecular formula is C35H51F8NO3. The molecule has 2 saturated carbocycles. The Labute approximate surface area is 273 Å². The molecule has 0 saturated heterocycles. The Hall–Kier alpha value is -1.66. The molecule has 4 rings (SSSR count). The van der Waals surface area contributed by atoms with Crippen LogP contribution >= 0.6 is 0 Å². The summed E-state index contributed by atoms with van der Waals surface area (Å²) in [6, 6.07) is 5.26. The van der Waals surface area contributed by atoms with Gasteiger partial charge in [-0.1, -0.05) is 32.3 Å². The predicted octanol–water partition coefficient (Wildman–Crippen LogP) is 9.85. The topological polar surface area (TPSA) is 63.5 Å². The highest BCUT2D eigenvalue weighted by Crippen LogP contribution is 2.66. The number of hydrogen-bond acceptors (Lipinski definition) is 3. The number of nitrogens with zero attached hydrogens (tertiary/aromatic N) is 1. The molecular weight excluding hydrogens is 634 g/mol. The van der Waals surface area contributed by atoms with Crippen LogP contribution in [-0.4, -0.2) is 64.8 Å². The van der Waals surface area contributed by atoms with Gasteiger partial charge in [0, 0.05) is 17.8 Å². The summed E-state index contributed by atoms with van der Waals surface area (Å²) in [4.78, 5) is 0. The van der Waals surface area contributed by atoms with E-state index in [2.05, 4.69) is 0 Å². The fraction of sp³-hybridized carbons (Fsp3) is 0.829. The van der Waals surface area contributed by atoms with Gasteiger partial charge in [0.2, 0.25) is 0 Å². The summed E-state index contributed by atoms with van der Waals surface area (Å²) < 4.78 is 105. The third kappa shape index (κ3) is 7.89. The third-order valence-corrected chi connectivity index (χ3v) is 12.0. The van der Waals surface area contributed by atoms with Gasteiger partial charge < -0.3 is 20.1 Å². The maximum absolute atomic E-state index is 16.1. The van der Waals surface area contributed by atoms with Crippen LogP contribution in [0.25, 0.3) is 0 Å². The zero-order chi connectivity index (χ0) is 35.1. The van der Waals surface area contributed by atoms with Gasteiger partial charge in [0.1, 0.15) is 11.9 Å². The maximum Gasteiger partial charge on any atom is 0.459 e. The zero-order valence-electron chi connectivity index (χ0n) is 27.7. The maximum atomic E-state index is 16.1. The summed E-state index contributed by atoms with van der Waals surface area (Å²) in [6.07, 6.45) is -2.25. The van der Waals surface area contributed by atoms with Crippen LogP contribution in [-0.2, 0) is 6.42 Å². The first-order valence-corrected chi connectivity index (χ1v) is 17.2. The van der Waals surface area contributed by atoms with Crippen molar-refractivity contribution in [2.24, 2.45) is 23.2 Å². The van der Waals surface area contributed by atoms with Crippen LogP contribution in [0.3, 0.4) is 0 Å². The van der Waals surface area contributed by atoms with Crippen LogP contribution in [0.1, 0.15) is 114 Å². The van der Waals surface area contributed by atoms with Gasteiger partial charge in [-0.3, -0.25) is 0 Å².